The first-order valence-electron chi connectivity index (χ1n) is 5.16. The van der Waals surface area contributed by atoms with Crippen molar-refractivity contribution in [2.45, 2.75) is 19.9 Å². The topological polar surface area (TPSA) is 29.3 Å². The molecular weight excluding hydrogens is 172 g/mol. The van der Waals surface area contributed by atoms with Crippen molar-refractivity contribution in [2.75, 3.05) is 20.1 Å². The minimum absolute atomic E-state index is 0.347. The SMILES string of the molecule is CCN(C)C(CN)c1cccc(C)c1. The van der Waals surface area contributed by atoms with E-state index in [1.807, 2.05) is 0 Å². The lowest BCUT2D eigenvalue weighted by Gasteiger charge is -2.26. The van der Waals surface area contributed by atoms with E-state index in [1.165, 1.54) is 11.1 Å². The molecule has 78 valence electrons. The average Bonchev–Trinajstić information content (AvgIpc) is 2.19. The van der Waals surface area contributed by atoms with Gasteiger partial charge in [0.05, 0.1) is 0 Å². The first kappa shape index (κ1) is 11.2. The van der Waals surface area contributed by atoms with E-state index >= 15 is 0 Å². The summed E-state index contributed by atoms with van der Waals surface area (Å²) >= 11 is 0. The molecule has 1 aromatic carbocycles. The fraction of sp³-hybridized carbons (Fsp3) is 0.500. The zero-order valence-electron chi connectivity index (χ0n) is 9.33. The van der Waals surface area contributed by atoms with Gasteiger partial charge in [-0.05, 0) is 26.1 Å². The summed E-state index contributed by atoms with van der Waals surface area (Å²) in [4.78, 5) is 2.27. The Hall–Kier alpha value is -0.860. The minimum Gasteiger partial charge on any atom is -0.329 e. The second kappa shape index (κ2) is 5.13. The van der Waals surface area contributed by atoms with Gasteiger partial charge in [-0.15, -0.1) is 0 Å². The fourth-order valence-electron chi connectivity index (χ4n) is 1.67. The van der Waals surface area contributed by atoms with Crippen molar-refractivity contribution in [3.05, 3.63) is 35.4 Å². The summed E-state index contributed by atoms with van der Waals surface area (Å²) in [6.45, 7) is 5.96. The molecule has 14 heavy (non-hydrogen) atoms. The molecule has 0 fully saturated rings. The predicted octanol–water partition coefficient (Wildman–Crippen LogP) is 1.95. The van der Waals surface area contributed by atoms with Crippen LogP contribution < -0.4 is 5.73 Å². The molecule has 0 aromatic heterocycles. The Morgan fingerprint density at radius 2 is 2.14 bits per heavy atom. The summed E-state index contributed by atoms with van der Waals surface area (Å²) in [5.41, 5.74) is 8.40. The Morgan fingerprint density at radius 3 is 2.64 bits per heavy atom. The van der Waals surface area contributed by atoms with E-state index in [1.54, 1.807) is 0 Å². The molecule has 1 atom stereocenters. The van der Waals surface area contributed by atoms with Gasteiger partial charge in [0.25, 0.3) is 0 Å². The van der Waals surface area contributed by atoms with Crippen LogP contribution in [0.15, 0.2) is 24.3 Å². The van der Waals surface area contributed by atoms with Gasteiger partial charge in [-0.1, -0.05) is 36.8 Å². The molecule has 0 amide bonds. The van der Waals surface area contributed by atoms with Crippen LogP contribution in [0.2, 0.25) is 0 Å². The molecule has 2 N–H and O–H groups in total. The summed E-state index contributed by atoms with van der Waals surface area (Å²) in [5, 5.41) is 0. The van der Waals surface area contributed by atoms with E-state index in [2.05, 4.69) is 50.1 Å². The Labute approximate surface area is 86.7 Å². The van der Waals surface area contributed by atoms with Crippen LogP contribution in [0, 0.1) is 6.92 Å². The van der Waals surface area contributed by atoms with E-state index in [0.29, 0.717) is 12.6 Å². The van der Waals surface area contributed by atoms with Gasteiger partial charge in [0.1, 0.15) is 0 Å². The molecule has 1 unspecified atom stereocenters. The van der Waals surface area contributed by atoms with Crippen LogP contribution in [0.4, 0.5) is 0 Å². The van der Waals surface area contributed by atoms with Crippen LogP contribution in [0.1, 0.15) is 24.1 Å². The zero-order valence-corrected chi connectivity index (χ0v) is 9.33. The van der Waals surface area contributed by atoms with Crippen LogP contribution in [0.5, 0.6) is 0 Å². The largest absolute Gasteiger partial charge is 0.329 e. The lowest BCUT2D eigenvalue weighted by Crippen LogP contribution is -2.30. The van der Waals surface area contributed by atoms with E-state index in [4.69, 9.17) is 5.73 Å². The number of nitrogens with two attached hydrogens (primary N) is 1. The number of nitrogens with zero attached hydrogens (tertiary/aromatic N) is 1. The first-order chi connectivity index (χ1) is 6.69. The number of aryl methyl sites for hydroxylation is 1. The molecule has 0 saturated carbocycles. The standard InChI is InChI=1S/C12H20N2/c1-4-14(3)12(9-13)11-7-5-6-10(2)8-11/h5-8,12H,4,9,13H2,1-3H3. The maximum atomic E-state index is 5.79. The molecule has 0 aliphatic heterocycles. The second-order valence-corrected chi connectivity index (χ2v) is 3.74. The molecule has 0 spiro atoms. The Balaban J connectivity index is 2.89. The summed E-state index contributed by atoms with van der Waals surface area (Å²) in [7, 11) is 2.11. The van der Waals surface area contributed by atoms with Crippen molar-refractivity contribution in [2.24, 2.45) is 5.73 Å². The Morgan fingerprint density at radius 1 is 1.43 bits per heavy atom. The molecule has 0 heterocycles. The Bertz CT molecular complexity index is 283. The third-order valence-corrected chi connectivity index (χ3v) is 2.68. The lowest BCUT2D eigenvalue weighted by atomic mass is 10.0. The normalized spacial score (nSPS) is 13.2. The smallest absolute Gasteiger partial charge is 0.0467 e. The number of likely N-dealkylation sites (N-methyl/N-ethyl adjacent to an activating group) is 1. The van der Waals surface area contributed by atoms with Gasteiger partial charge in [0.15, 0.2) is 0 Å². The van der Waals surface area contributed by atoms with Crippen LogP contribution in [-0.2, 0) is 0 Å². The molecule has 2 heteroatoms. The molecule has 0 aliphatic carbocycles. The van der Waals surface area contributed by atoms with Crippen LogP contribution in [-0.4, -0.2) is 25.0 Å². The van der Waals surface area contributed by atoms with Crippen molar-refractivity contribution >= 4 is 0 Å². The van der Waals surface area contributed by atoms with Crippen molar-refractivity contribution in [3.63, 3.8) is 0 Å². The van der Waals surface area contributed by atoms with Crippen LogP contribution in [0.25, 0.3) is 0 Å². The van der Waals surface area contributed by atoms with Crippen LogP contribution in [0.3, 0.4) is 0 Å². The second-order valence-electron chi connectivity index (χ2n) is 3.74. The first-order valence-corrected chi connectivity index (χ1v) is 5.16. The van der Waals surface area contributed by atoms with Gasteiger partial charge in [0, 0.05) is 12.6 Å². The lowest BCUT2D eigenvalue weighted by molar-refractivity contribution is 0.263. The van der Waals surface area contributed by atoms with Gasteiger partial charge in [-0.2, -0.15) is 0 Å². The molecule has 0 radical (unpaired) electrons. The van der Waals surface area contributed by atoms with E-state index in [0.717, 1.165) is 6.54 Å². The summed E-state index contributed by atoms with van der Waals surface area (Å²) in [5.74, 6) is 0. The highest BCUT2D eigenvalue weighted by Gasteiger charge is 2.13. The van der Waals surface area contributed by atoms with E-state index < -0.39 is 0 Å². The van der Waals surface area contributed by atoms with Gasteiger partial charge >= 0.3 is 0 Å². The van der Waals surface area contributed by atoms with Crippen molar-refractivity contribution in [3.8, 4) is 0 Å². The van der Waals surface area contributed by atoms with Gasteiger partial charge in [0.2, 0.25) is 0 Å². The highest BCUT2D eigenvalue weighted by molar-refractivity contribution is 5.25. The molecule has 0 aliphatic rings. The molecular formula is C12H20N2. The molecule has 1 rings (SSSR count). The molecule has 2 nitrogen and oxygen atoms in total. The summed E-state index contributed by atoms with van der Waals surface area (Å²) in [6, 6.07) is 8.92. The van der Waals surface area contributed by atoms with Crippen LogP contribution >= 0.6 is 0 Å². The summed E-state index contributed by atoms with van der Waals surface area (Å²) in [6.07, 6.45) is 0. The highest BCUT2D eigenvalue weighted by Crippen LogP contribution is 2.18. The highest BCUT2D eigenvalue weighted by atomic mass is 15.1. The van der Waals surface area contributed by atoms with Crippen molar-refractivity contribution in [1.29, 1.82) is 0 Å². The van der Waals surface area contributed by atoms with E-state index in [9.17, 15) is 0 Å². The van der Waals surface area contributed by atoms with E-state index in [-0.39, 0.29) is 0 Å². The number of hydrogen-bond donors (Lipinski definition) is 1. The molecule has 1 aromatic rings. The maximum absolute atomic E-state index is 5.79. The summed E-state index contributed by atoms with van der Waals surface area (Å²) < 4.78 is 0. The maximum Gasteiger partial charge on any atom is 0.0467 e. The third-order valence-electron chi connectivity index (χ3n) is 2.68. The van der Waals surface area contributed by atoms with Gasteiger partial charge in [-0.3, -0.25) is 4.90 Å². The Kier molecular flexibility index (Phi) is 4.11. The van der Waals surface area contributed by atoms with Crippen molar-refractivity contribution < 1.29 is 0 Å². The zero-order chi connectivity index (χ0) is 10.6. The third kappa shape index (κ3) is 2.56. The quantitative estimate of drug-likeness (QED) is 0.790. The van der Waals surface area contributed by atoms with Gasteiger partial charge in [-0.25, -0.2) is 0 Å². The molecule has 0 bridgehead atoms. The van der Waals surface area contributed by atoms with Gasteiger partial charge < -0.3 is 5.73 Å². The minimum atomic E-state index is 0.347. The average molecular weight is 192 g/mol. The fourth-order valence-corrected chi connectivity index (χ4v) is 1.67. The number of benzene rings is 1. The monoisotopic (exact) mass is 192 g/mol. The number of hydrogen-bond acceptors (Lipinski definition) is 2. The predicted molar refractivity (Wildman–Crippen MR) is 61.3 cm³/mol. The number of rotatable bonds is 4. The van der Waals surface area contributed by atoms with Crippen molar-refractivity contribution in [1.82, 2.24) is 4.90 Å². The molecule has 0 saturated heterocycles.